The second kappa shape index (κ2) is 11.6. The molecule has 196 valence electrons. The molecule has 1 aromatic carbocycles. The summed E-state index contributed by atoms with van der Waals surface area (Å²) in [6.45, 7) is 3.52. The molecule has 4 rings (SSSR count). The van der Waals surface area contributed by atoms with E-state index >= 15 is 0 Å². The number of aromatic nitrogens is 4. The maximum atomic E-state index is 12.0. The number of thioether (sulfide) groups is 1. The van der Waals surface area contributed by atoms with E-state index in [1.165, 1.54) is 38.9 Å². The van der Waals surface area contributed by atoms with Crippen molar-refractivity contribution in [2.24, 2.45) is 0 Å². The molecule has 0 aliphatic carbocycles. The fraction of sp³-hybridized carbons (Fsp3) is 0.417. The number of fused-ring (bicyclic) bond motifs is 1. The van der Waals surface area contributed by atoms with Gasteiger partial charge >= 0.3 is 17.9 Å². The van der Waals surface area contributed by atoms with Gasteiger partial charge in [0.15, 0.2) is 24.1 Å². The van der Waals surface area contributed by atoms with E-state index in [4.69, 9.17) is 18.9 Å². The standard InChI is InChI=1S/C24H27N5O7S/c1-13(30)33-10-17-19(34-14(2)31)20(35-15(3)32)23(36-17)29-21-18(28-24(29)25-4)22(27-12-26-21)37-11-16-8-6-5-7-9-16/h5-9,12,17,19-20,23H,10-11H2,1-4H3,(H,25,28)/t17-,19-,20-,23-/m1/s1. The molecule has 0 saturated carbocycles. The normalized spacial score (nSPS) is 21.0. The second-order valence-corrected chi connectivity index (χ2v) is 9.16. The number of nitrogens with one attached hydrogen (secondary N) is 1. The van der Waals surface area contributed by atoms with Gasteiger partial charge in [0.05, 0.1) is 0 Å². The van der Waals surface area contributed by atoms with Crippen LogP contribution in [0.4, 0.5) is 5.95 Å². The Balaban J connectivity index is 1.74. The second-order valence-electron chi connectivity index (χ2n) is 8.20. The third-order valence-corrected chi connectivity index (χ3v) is 6.53. The summed E-state index contributed by atoms with van der Waals surface area (Å²) in [6.07, 6.45) is -2.59. The van der Waals surface area contributed by atoms with Crippen LogP contribution in [0.25, 0.3) is 11.2 Å². The summed E-state index contributed by atoms with van der Waals surface area (Å²) in [7, 11) is 1.68. The Hall–Kier alpha value is -3.71. The van der Waals surface area contributed by atoms with Gasteiger partial charge < -0.3 is 24.3 Å². The van der Waals surface area contributed by atoms with Crippen LogP contribution >= 0.6 is 11.8 Å². The molecule has 1 saturated heterocycles. The van der Waals surface area contributed by atoms with Crippen molar-refractivity contribution in [3.8, 4) is 0 Å². The molecule has 1 aliphatic rings. The number of esters is 3. The number of hydrogen-bond acceptors (Lipinski definition) is 12. The summed E-state index contributed by atoms with van der Waals surface area (Å²) >= 11 is 1.50. The van der Waals surface area contributed by atoms with Crippen molar-refractivity contribution in [2.45, 2.75) is 56.1 Å². The monoisotopic (exact) mass is 529 g/mol. The van der Waals surface area contributed by atoms with Crippen molar-refractivity contribution in [1.29, 1.82) is 0 Å². The van der Waals surface area contributed by atoms with Gasteiger partial charge in [-0.15, -0.1) is 0 Å². The molecule has 1 N–H and O–H groups in total. The lowest BCUT2D eigenvalue weighted by Crippen LogP contribution is -2.40. The maximum Gasteiger partial charge on any atom is 0.303 e. The zero-order chi connectivity index (χ0) is 26.5. The maximum absolute atomic E-state index is 12.0. The molecule has 0 bridgehead atoms. The number of hydrogen-bond donors (Lipinski definition) is 1. The van der Waals surface area contributed by atoms with Gasteiger partial charge in [-0.05, 0) is 5.56 Å². The number of imidazole rings is 1. The van der Waals surface area contributed by atoms with Gasteiger partial charge in [0.1, 0.15) is 29.6 Å². The molecule has 0 radical (unpaired) electrons. The van der Waals surface area contributed by atoms with Crippen LogP contribution in [0.5, 0.6) is 0 Å². The minimum absolute atomic E-state index is 0.212. The highest BCUT2D eigenvalue weighted by Crippen LogP contribution is 2.39. The molecular formula is C24H27N5O7S. The Morgan fingerprint density at radius 3 is 2.38 bits per heavy atom. The molecule has 1 aliphatic heterocycles. The molecule has 13 heteroatoms. The minimum Gasteiger partial charge on any atom is -0.463 e. The van der Waals surface area contributed by atoms with Crippen LogP contribution < -0.4 is 5.32 Å². The predicted octanol–water partition coefficient (Wildman–Crippen LogP) is 2.48. The molecule has 37 heavy (non-hydrogen) atoms. The summed E-state index contributed by atoms with van der Waals surface area (Å²) in [5, 5.41) is 3.67. The highest BCUT2D eigenvalue weighted by molar-refractivity contribution is 7.98. The van der Waals surface area contributed by atoms with Crippen LogP contribution in [0.2, 0.25) is 0 Å². The molecule has 3 aromatic rings. The topological polar surface area (TPSA) is 144 Å². The van der Waals surface area contributed by atoms with E-state index in [1.807, 2.05) is 30.3 Å². The van der Waals surface area contributed by atoms with Gasteiger partial charge in [-0.25, -0.2) is 15.0 Å². The van der Waals surface area contributed by atoms with Crippen LogP contribution in [0.3, 0.4) is 0 Å². The zero-order valence-corrected chi connectivity index (χ0v) is 21.6. The number of anilines is 1. The van der Waals surface area contributed by atoms with Crippen LogP contribution in [0.1, 0.15) is 32.6 Å². The number of benzene rings is 1. The van der Waals surface area contributed by atoms with E-state index in [0.717, 1.165) is 5.56 Å². The fourth-order valence-electron chi connectivity index (χ4n) is 4.04. The number of carbonyl (C=O) groups is 3. The van der Waals surface area contributed by atoms with Gasteiger partial charge in [0.25, 0.3) is 0 Å². The molecule has 0 amide bonds. The van der Waals surface area contributed by atoms with E-state index in [1.54, 1.807) is 11.6 Å². The number of ether oxygens (including phenoxy) is 4. The zero-order valence-electron chi connectivity index (χ0n) is 20.7. The smallest absolute Gasteiger partial charge is 0.303 e. The van der Waals surface area contributed by atoms with Crippen LogP contribution in [0, 0.1) is 0 Å². The average molecular weight is 530 g/mol. The summed E-state index contributed by atoms with van der Waals surface area (Å²) < 4.78 is 24.0. The highest BCUT2D eigenvalue weighted by Gasteiger charge is 2.51. The molecule has 3 heterocycles. The molecule has 12 nitrogen and oxygen atoms in total. The minimum atomic E-state index is -1.07. The van der Waals surface area contributed by atoms with Gasteiger partial charge in [-0.2, -0.15) is 0 Å². The summed E-state index contributed by atoms with van der Waals surface area (Å²) in [4.78, 5) is 48.9. The molecule has 1 fully saturated rings. The molecular weight excluding hydrogens is 502 g/mol. The summed E-state index contributed by atoms with van der Waals surface area (Å²) in [5.74, 6) is -0.703. The van der Waals surface area contributed by atoms with Crippen LogP contribution in [-0.4, -0.2) is 69.4 Å². The van der Waals surface area contributed by atoms with E-state index in [2.05, 4.69) is 20.3 Å². The first-order chi connectivity index (χ1) is 17.8. The first-order valence-electron chi connectivity index (χ1n) is 11.5. The Morgan fingerprint density at radius 2 is 1.73 bits per heavy atom. The number of carbonyl (C=O) groups excluding carboxylic acids is 3. The van der Waals surface area contributed by atoms with Gasteiger partial charge in [0.2, 0.25) is 5.95 Å². The fourth-order valence-corrected chi connectivity index (χ4v) is 4.93. The predicted molar refractivity (Wildman–Crippen MR) is 133 cm³/mol. The Morgan fingerprint density at radius 1 is 1.03 bits per heavy atom. The summed E-state index contributed by atoms with van der Waals surface area (Å²) in [6, 6.07) is 9.95. The molecule has 4 atom stereocenters. The molecule has 0 spiro atoms. The van der Waals surface area contributed by atoms with Crippen molar-refractivity contribution >= 4 is 46.8 Å². The first kappa shape index (κ1) is 26.4. The Kier molecular flexibility index (Phi) is 8.24. The van der Waals surface area contributed by atoms with Gasteiger partial charge in [-0.3, -0.25) is 19.0 Å². The molecule has 0 unspecified atom stereocenters. The van der Waals surface area contributed by atoms with Gasteiger partial charge in [0, 0.05) is 33.6 Å². The van der Waals surface area contributed by atoms with E-state index < -0.39 is 42.4 Å². The van der Waals surface area contributed by atoms with E-state index in [9.17, 15) is 14.4 Å². The first-order valence-corrected chi connectivity index (χ1v) is 12.5. The van der Waals surface area contributed by atoms with Crippen molar-refractivity contribution in [1.82, 2.24) is 19.5 Å². The Bertz CT molecular complexity index is 1290. The Labute approximate surface area is 217 Å². The van der Waals surface area contributed by atoms with Crippen molar-refractivity contribution in [2.75, 3.05) is 19.0 Å². The third kappa shape index (κ3) is 6.00. The SMILES string of the molecule is CNc1nc2c(SCc3ccccc3)ncnc2n1[C@@H]1O[C@H](COC(C)=O)[C@@H](OC(C)=O)[C@H]1OC(C)=O. The lowest BCUT2D eigenvalue weighted by Gasteiger charge is -2.24. The number of rotatable bonds is 9. The quantitative estimate of drug-likeness (QED) is 0.188. The number of nitrogens with zero attached hydrogens (tertiary/aromatic N) is 4. The average Bonchev–Trinajstić information content (AvgIpc) is 3.39. The lowest BCUT2D eigenvalue weighted by molar-refractivity contribution is -0.166. The van der Waals surface area contributed by atoms with E-state index in [-0.39, 0.29) is 6.61 Å². The largest absolute Gasteiger partial charge is 0.463 e. The van der Waals surface area contributed by atoms with Gasteiger partial charge in [-0.1, -0.05) is 42.1 Å². The van der Waals surface area contributed by atoms with Crippen LogP contribution in [-0.2, 0) is 39.1 Å². The van der Waals surface area contributed by atoms with Crippen molar-refractivity contribution in [3.05, 3.63) is 42.2 Å². The molecule has 2 aromatic heterocycles. The highest BCUT2D eigenvalue weighted by atomic mass is 32.2. The lowest BCUT2D eigenvalue weighted by atomic mass is 10.1. The summed E-state index contributed by atoms with van der Waals surface area (Å²) in [5.41, 5.74) is 2.07. The third-order valence-electron chi connectivity index (χ3n) is 5.48. The van der Waals surface area contributed by atoms with Crippen molar-refractivity contribution in [3.63, 3.8) is 0 Å². The van der Waals surface area contributed by atoms with Crippen molar-refractivity contribution < 1.29 is 33.3 Å². The van der Waals surface area contributed by atoms with Crippen LogP contribution in [0.15, 0.2) is 41.7 Å². The van der Waals surface area contributed by atoms with E-state index in [0.29, 0.717) is 27.9 Å².